The maximum Gasteiger partial charge on any atom is 0.268 e. The third-order valence-corrected chi connectivity index (χ3v) is 5.66. The topological polar surface area (TPSA) is 128 Å². The second-order valence-electron chi connectivity index (χ2n) is 7.78. The zero-order chi connectivity index (χ0) is 23.7. The maximum absolute atomic E-state index is 14.6. The van der Waals surface area contributed by atoms with Crippen molar-refractivity contribution < 1.29 is 23.4 Å². The van der Waals surface area contributed by atoms with Crippen LogP contribution in [0.1, 0.15) is 16.9 Å². The quantitative estimate of drug-likeness (QED) is 0.519. The smallest absolute Gasteiger partial charge is 0.268 e. The molecule has 1 aliphatic rings. The fourth-order valence-electron chi connectivity index (χ4n) is 4.17. The van der Waals surface area contributed by atoms with Crippen LogP contribution < -0.4 is 21.1 Å². The number of amides is 1. The minimum atomic E-state index is -0.865. The SMILES string of the molecule is COc1cccc(F)c1-c1ncc(-c2ccc(F)cc2N2C[C@@H](N)C[C@H]2CO)c(C(N)=O)n1. The molecule has 0 spiro atoms. The fraction of sp³-hybridized carbons (Fsp3) is 0.261. The van der Waals surface area contributed by atoms with Crippen LogP contribution >= 0.6 is 0 Å². The van der Waals surface area contributed by atoms with E-state index in [1.165, 1.54) is 43.6 Å². The van der Waals surface area contributed by atoms with E-state index in [0.29, 0.717) is 24.2 Å². The van der Waals surface area contributed by atoms with E-state index in [2.05, 4.69) is 9.97 Å². The summed E-state index contributed by atoms with van der Waals surface area (Å²) < 4.78 is 34.0. The van der Waals surface area contributed by atoms with Gasteiger partial charge in [-0.3, -0.25) is 4.79 Å². The third-order valence-electron chi connectivity index (χ3n) is 5.66. The number of carbonyl (C=O) groups excluding carboxylic acids is 1. The molecule has 4 rings (SSSR count). The Labute approximate surface area is 188 Å². The van der Waals surface area contributed by atoms with Crippen LogP contribution in [0.15, 0.2) is 42.6 Å². The Hall–Kier alpha value is -3.63. The van der Waals surface area contributed by atoms with Crippen LogP contribution in [-0.4, -0.2) is 53.3 Å². The number of aliphatic hydroxyl groups is 1. The average Bonchev–Trinajstić information content (AvgIpc) is 3.19. The van der Waals surface area contributed by atoms with Gasteiger partial charge in [0.05, 0.1) is 25.3 Å². The molecule has 172 valence electrons. The number of carbonyl (C=O) groups is 1. The van der Waals surface area contributed by atoms with Gasteiger partial charge in [0, 0.05) is 35.6 Å². The molecule has 8 nitrogen and oxygen atoms in total. The summed E-state index contributed by atoms with van der Waals surface area (Å²) >= 11 is 0. The van der Waals surface area contributed by atoms with Crippen molar-refractivity contribution in [2.75, 3.05) is 25.2 Å². The molecule has 0 unspecified atom stereocenters. The lowest BCUT2D eigenvalue weighted by atomic mass is 10.0. The monoisotopic (exact) mass is 455 g/mol. The molecule has 0 saturated carbocycles. The molecular formula is C23H23F2N5O3. The van der Waals surface area contributed by atoms with Gasteiger partial charge in [-0.15, -0.1) is 0 Å². The van der Waals surface area contributed by atoms with Crippen molar-refractivity contribution in [1.29, 1.82) is 0 Å². The normalized spacial score (nSPS) is 17.9. The molecule has 1 fully saturated rings. The van der Waals surface area contributed by atoms with Crippen LogP contribution in [0.4, 0.5) is 14.5 Å². The Morgan fingerprint density at radius 1 is 1.27 bits per heavy atom. The Balaban J connectivity index is 1.89. The molecule has 1 aromatic heterocycles. The Bertz CT molecular complexity index is 1210. The summed E-state index contributed by atoms with van der Waals surface area (Å²) in [6.45, 7) is 0.216. The standard InChI is InChI=1S/C23H23F2N5O3/c1-33-19-4-2-3-17(25)20(19)23-28-9-16(21(29-23)22(27)32)15-6-5-12(24)7-18(15)30-10-13(26)8-14(30)11-31/h2-7,9,13-14,31H,8,10-11,26H2,1H3,(H2,27,32)/t13-,14-/m0/s1. The predicted octanol–water partition coefficient (Wildman–Crippen LogP) is 2.09. The Morgan fingerprint density at radius 3 is 2.76 bits per heavy atom. The lowest BCUT2D eigenvalue weighted by Crippen LogP contribution is -2.33. The summed E-state index contributed by atoms with van der Waals surface area (Å²) in [5, 5.41) is 9.79. The number of hydrogen-bond acceptors (Lipinski definition) is 7. The van der Waals surface area contributed by atoms with Crippen LogP contribution in [0.3, 0.4) is 0 Å². The van der Waals surface area contributed by atoms with E-state index >= 15 is 0 Å². The van der Waals surface area contributed by atoms with Gasteiger partial charge in [-0.1, -0.05) is 6.07 Å². The highest BCUT2D eigenvalue weighted by Crippen LogP contribution is 2.38. The summed E-state index contributed by atoms with van der Waals surface area (Å²) in [5.74, 6) is -1.88. The van der Waals surface area contributed by atoms with E-state index in [1.54, 1.807) is 11.0 Å². The highest BCUT2D eigenvalue weighted by Gasteiger charge is 2.32. The number of methoxy groups -OCH3 is 1. The fourth-order valence-corrected chi connectivity index (χ4v) is 4.17. The molecule has 0 aliphatic carbocycles. The van der Waals surface area contributed by atoms with Gasteiger partial charge in [0.15, 0.2) is 5.82 Å². The molecule has 10 heteroatoms. The van der Waals surface area contributed by atoms with Gasteiger partial charge < -0.3 is 26.2 Å². The van der Waals surface area contributed by atoms with Gasteiger partial charge in [0.1, 0.15) is 23.1 Å². The number of benzene rings is 2. The average molecular weight is 455 g/mol. The summed E-state index contributed by atoms with van der Waals surface area (Å²) in [6.07, 6.45) is 1.87. The van der Waals surface area contributed by atoms with Crippen molar-refractivity contribution in [1.82, 2.24) is 9.97 Å². The summed E-state index contributed by atoms with van der Waals surface area (Å²) in [7, 11) is 1.38. The van der Waals surface area contributed by atoms with Crippen molar-refractivity contribution in [3.05, 3.63) is 59.9 Å². The largest absolute Gasteiger partial charge is 0.496 e. The van der Waals surface area contributed by atoms with E-state index in [-0.39, 0.29) is 47.1 Å². The second-order valence-corrected chi connectivity index (χ2v) is 7.78. The van der Waals surface area contributed by atoms with Crippen LogP contribution in [0, 0.1) is 11.6 Å². The number of primary amides is 1. The van der Waals surface area contributed by atoms with Crippen molar-refractivity contribution in [2.45, 2.75) is 18.5 Å². The van der Waals surface area contributed by atoms with E-state index < -0.39 is 17.5 Å². The molecule has 1 saturated heterocycles. The molecule has 33 heavy (non-hydrogen) atoms. The highest BCUT2D eigenvalue weighted by atomic mass is 19.1. The van der Waals surface area contributed by atoms with Crippen molar-refractivity contribution in [3.8, 4) is 28.3 Å². The minimum Gasteiger partial charge on any atom is -0.496 e. The van der Waals surface area contributed by atoms with Crippen LogP contribution in [-0.2, 0) is 0 Å². The third kappa shape index (κ3) is 4.22. The van der Waals surface area contributed by atoms with Gasteiger partial charge >= 0.3 is 0 Å². The molecule has 0 radical (unpaired) electrons. The molecule has 1 aliphatic heterocycles. The number of aliphatic hydroxyl groups excluding tert-OH is 1. The minimum absolute atomic E-state index is 0.0146. The number of hydrogen-bond donors (Lipinski definition) is 3. The van der Waals surface area contributed by atoms with E-state index in [0.717, 1.165) is 0 Å². The van der Waals surface area contributed by atoms with Crippen molar-refractivity contribution in [3.63, 3.8) is 0 Å². The van der Waals surface area contributed by atoms with Crippen molar-refractivity contribution >= 4 is 11.6 Å². The first-order valence-electron chi connectivity index (χ1n) is 10.3. The Kier molecular flexibility index (Phi) is 6.21. The summed E-state index contributed by atoms with van der Waals surface area (Å²) in [6, 6.07) is 7.74. The molecule has 2 aromatic carbocycles. The van der Waals surface area contributed by atoms with E-state index in [9.17, 15) is 18.7 Å². The zero-order valence-corrected chi connectivity index (χ0v) is 17.8. The van der Waals surface area contributed by atoms with Gasteiger partial charge in [0.2, 0.25) is 0 Å². The van der Waals surface area contributed by atoms with Crippen molar-refractivity contribution in [2.24, 2.45) is 11.5 Å². The summed E-state index contributed by atoms with van der Waals surface area (Å²) in [4.78, 5) is 22.6. The predicted molar refractivity (Wildman–Crippen MR) is 119 cm³/mol. The van der Waals surface area contributed by atoms with E-state index in [1.807, 2.05) is 0 Å². The molecule has 3 aromatic rings. The van der Waals surface area contributed by atoms with Gasteiger partial charge in [-0.05, 0) is 36.8 Å². The lowest BCUT2D eigenvalue weighted by Gasteiger charge is -2.28. The first kappa shape index (κ1) is 22.6. The molecule has 1 amide bonds. The molecular weight excluding hydrogens is 432 g/mol. The first-order valence-corrected chi connectivity index (χ1v) is 10.3. The van der Waals surface area contributed by atoms with E-state index in [4.69, 9.17) is 16.2 Å². The van der Waals surface area contributed by atoms with Gasteiger partial charge in [0.25, 0.3) is 5.91 Å². The van der Waals surface area contributed by atoms with Crippen LogP contribution in [0.25, 0.3) is 22.5 Å². The Morgan fingerprint density at radius 2 is 2.06 bits per heavy atom. The lowest BCUT2D eigenvalue weighted by molar-refractivity contribution is 0.0996. The maximum atomic E-state index is 14.6. The van der Waals surface area contributed by atoms with Gasteiger partial charge in [-0.25, -0.2) is 18.7 Å². The number of halogens is 2. The molecule has 2 atom stereocenters. The summed E-state index contributed by atoms with van der Waals surface area (Å²) in [5.41, 5.74) is 12.6. The molecule has 2 heterocycles. The van der Waals surface area contributed by atoms with Crippen LogP contribution in [0.2, 0.25) is 0 Å². The number of rotatable bonds is 6. The number of anilines is 1. The number of aromatic nitrogens is 2. The van der Waals surface area contributed by atoms with Gasteiger partial charge in [-0.2, -0.15) is 0 Å². The number of ether oxygens (including phenoxy) is 1. The molecule has 5 N–H and O–H groups in total. The second kappa shape index (κ2) is 9.08. The number of nitrogens with zero attached hydrogens (tertiary/aromatic N) is 3. The van der Waals surface area contributed by atoms with Crippen LogP contribution in [0.5, 0.6) is 5.75 Å². The molecule has 0 bridgehead atoms. The number of nitrogens with two attached hydrogens (primary N) is 2. The first-order chi connectivity index (χ1) is 15.8. The zero-order valence-electron chi connectivity index (χ0n) is 17.8. The highest BCUT2D eigenvalue weighted by molar-refractivity contribution is 6.00.